The van der Waals surface area contributed by atoms with E-state index in [-0.39, 0.29) is 6.10 Å². The van der Waals surface area contributed by atoms with Crippen LogP contribution in [0.3, 0.4) is 0 Å². The molecule has 2 nitrogen and oxygen atoms in total. The Hall–Kier alpha value is 0.137. The van der Waals surface area contributed by atoms with Crippen molar-refractivity contribution in [3.05, 3.63) is 0 Å². The van der Waals surface area contributed by atoms with Gasteiger partial charge in [0.25, 0.3) is 0 Å². The van der Waals surface area contributed by atoms with Crippen molar-refractivity contribution in [1.29, 1.82) is 0 Å². The summed E-state index contributed by atoms with van der Waals surface area (Å²) in [5.41, 5.74) is 1.28. The fraction of sp³-hybridized carbons (Fsp3) is 1.00. The van der Waals surface area contributed by atoms with Crippen molar-refractivity contribution in [3.63, 3.8) is 0 Å². The van der Waals surface area contributed by atoms with Gasteiger partial charge in [-0.1, -0.05) is 27.7 Å². The van der Waals surface area contributed by atoms with Gasteiger partial charge in [0.2, 0.25) is 9.04 Å². The van der Waals surface area contributed by atoms with E-state index >= 15 is 0 Å². The molecule has 0 amide bonds. The predicted molar refractivity (Wildman–Crippen MR) is 54.7 cm³/mol. The highest BCUT2D eigenvalue weighted by molar-refractivity contribution is 6.54. The number of hydrogen-bond donors (Lipinski definition) is 0. The molecule has 0 saturated carbocycles. The highest BCUT2D eigenvalue weighted by Gasteiger charge is 2.22. The molecule has 0 aromatic heterocycles. The number of rotatable bonds is 5. The summed E-state index contributed by atoms with van der Waals surface area (Å²) >= 11 is 0. The molecular weight excluding hydrogens is 168 g/mol. The van der Waals surface area contributed by atoms with Gasteiger partial charge in [0, 0.05) is 0 Å². The lowest BCUT2D eigenvalue weighted by atomic mass is 10.5. The quantitative estimate of drug-likeness (QED) is 0.377. The second-order valence-corrected chi connectivity index (χ2v) is 7.98. The fourth-order valence-electron chi connectivity index (χ4n) is 1.17. The Morgan fingerprint density at radius 1 is 0.833 bits per heavy atom. The normalized spacial score (nSPS) is 12.5. The Kier molecular flexibility index (Phi) is 5.79. The van der Waals surface area contributed by atoms with Gasteiger partial charge in [-0.25, -0.2) is 4.89 Å². The first kappa shape index (κ1) is 12.1. The van der Waals surface area contributed by atoms with Gasteiger partial charge in [-0.15, -0.1) is 0 Å². The zero-order chi connectivity index (χ0) is 9.72. The summed E-state index contributed by atoms with van der Waals surface area (Å²) in [5, 5.41) is 0. The summed E-state index contributed by atoms with van der Waals surface area (Å²) < 4.78 is 5.47. The maximum absolute atomic E-state index is 5.47. The van der Waals surface area contributed by atoms with Crippen molar-refractivity contribution in [2.24, 2.45) is 0 Å². The number of hydrogen-bond acceptors (Lipinski definition) is 2. The van der Waals surface area contributed by atoms with Gasteiger partial charge in [-0.05, 0) is 24.9 Å². The molecule has 0 radical (unpaired) electrons. The average molecular weight is 190 g/mol. The zero-order valence-corrected chi connectivity index (χ0v) is 10.3. The Morgan fingerprint density at radius 2 is 1.25 bits per heavy atom. The van der Waals surface area contributed by atoms with E-state index in [1.807, 2.05) is 13.8 Å². The molecular formula is C9H22O2Si. The van der Waals surface area contributed by atoms with Gasteiger partial charge in [0.15, 0.2) is 0 Å². The van der Waals surface area contributed by atoms with Crippen molar-refractivity contribution in [3.8, 4) is 0 Å². The molecule has 0 spiro atoms. The van der Waals surface area contributed by atoms with Crippen LogP contribution in [-0.4, -0.2) is 15.1 Å². The van der Waals surface area contributed by atoms with Crippen molar-refractivity contribution in [2.45, 2.75) is 58.7 Å². The molecule has 0 heterocycles. The lowest BCUT2D eigenvalue weighted by molar-refractivity contribution is -0.243. The first-order valence-corrected chi connectivity index (χ1v) is 6.57. The van der Waals surface area contributed by atoms with Crippen LogP contribution in [0.15, 0.2) is 0 Å². The van der Waals surface area contributed by atoms with Gasteiger partial charge in [-0.2, -0.15) is 0 Å². The van der Waals surface area contributed by atoms with Crippen molar-refractivity contribution in [2.75, 3.05) is 0 Å². The molecule has 0 aliphatic heterocycles. The minimum atomic E-state index is -1.16. The predicted octanol–water partition coefficient (Wildman–Crippen LogP) is 2.89. The maximum atomic E-state index is 5.47. The van der Waals surface area contributed by atoms with Crippen LogP contribution in [0, 0.1) is 0 Å². The molecule has 0 aromatic carbocycles. The van der Waals surface area contributed by atoms with Gasteiger partial charge < -0.3 is 0 Å². The molecule has 0 unspecified atom stereocenters. The molecule has 74 valence electrons. The molecule has 0 rings (SSSR count). The summed E-state index contributed by atoms with van der Waals surface area (Å²) in [4.78, 5) is 5.19. The lowest BCUT2D eigenvalue weighted by Gasteiger charge is -2.22. The highest BCUT2D eigenvalue weighted by atomic mass is 28.3. The third kappa shape index (κ3) is 4.90. The van der Waals surface area contributed by atoms with Gasteiger partial charge in [0.05, 0.1) is 6.10 Å². The smallest absolute Gasteiger partial charge is 0.229 e. The summed E-state index contributed by atoms with van der Waals surface area (Å²) in [6, 6.07) is 0. The van der Waals surface area contributed by atoms with Crippen LogP contribution in [0.2, 0.25) is 11.1 Å². The first-order valence-electron chi connectivity index (χ1n) is 4.77. The minimum absolute atomic E-state index is 0.178. The first-order chi connectivity index (χ1) is 5.45. The zero-order valence-electron chi connectivity index (χ0n) is 9.13. The molecule has 3 heteroatoms. The van der Waals surface area contributed by atoms with Gasteiger partial charge in [0.1, 0.15) is 0 Å². The summed E-state index contributed by atoms with van der Waals surface area (Å²) in [6.07, 6.45) is 0.178. The van der Waals surface area contributed by atoms with Crippen LogP contribution in [0.1, 0.15) is 41.5 Å². The van der Waals surface area contributed by atoms with Gasteiger partial charge >= 0.3 is 0 Å². The van der Waals surface area contributed by atoms with E-state index in [1.165, 1.54) is 0 Å². The largest absolute Gasteiger partial charge is 0.290 e. The van der Waals surface area contributed by atoms with E-state index in [0.717, 1.165) is 0 Å². The van der Waals surface area contributed by atoms with Gasteiger partial charge in [-0.3, -0.25) is 4.58 Å². The van der Waals surface area contributed by atoms with Crippen LogP contribution in [0.4, 0.5) is 0 Å². The molecule has 12 heavy (non-hydrogen) atoms. The lowest BCUT2D eigenvalue weighted by Crippen LogP contribution is -2.27. The van der Waals surface area contributed by atoms with E-state index in [9.17, 15) is 0 Å². The van der Waals surface area contributed by atoms with Crippen LogP contribution < -0.4 is 0 Å². The Bertz CT molecular complexity index is 105. The second-order valence-electron chi connectivity index (χ2n) is 4.19. The van der Waals surface area contributed by atoms with Crippen molar-refractivity contribution < 1.29 is 9.46 Å². The summed E-state index contributed by atoms with van der Waals surface area (Å²) in [6.45, 7) is 12.8. The van der Waals surface area contributed by atoms with Crippen LogP contribution in [-0.2, 0) is 9.46 Å². The topological polar surface area (TPSA) is 18.5 Å². The van der Waals surface area contributed by atoms with E-state index in [0.29, 0.717) is 11.1 Å². The molecule has 0 atom stereocenters. The van der Waals surface area contributed by atoms with E-state index in [4.69, 9.17) is 9.46 Å². The van der Waals surface area contributed by atoms with Crippen molar-refractivity contribution >= 4 is 9.04 Å². The van der Waals surface area contributed by atoms with Crippen LogP contribution in [0.5, 0.6) is 0 Å². The van der Waals surface area contributed by atoms with Crippen molar-refractivity contribution in [1.82, 2.24) is 0 Å². The SMILES string of the molecule is CC(C)OO[SiH](C(C)C)C(C)C. The maximum Gasteiger partial charge on any atom is 0.229 e. The molecule has 0 aromatic rings. The molecule has 0 N–H and O–H groups in total. The van der Waals surface area contributed by atoms with E-state index < -0.39 is 9.04 Å². The Balaban J connectivity index is 3.80. The Morgan fingerprint density at radius 3 is 1.50 bits per heavy atom. The van der Waals surface area contributed by atoms with E-state index in [1.54, 1.807) is 0 Å². The highest BCUT2D eigenvalue weighted by Crippen LogP contribution is 2.21. The monoisotopic (exact) mass is 190 g/mol. The summed E-state index contributed by atoms with van der Waals surface area (Å²) in [5.74, 6) is 0. The molecule has 0 saturated heterocycles. The van der Waals surface area contributed by atoms with E-state index in [2.05, 4.69) is 27.7 Å². The molecule has 0 aliphatic carbocycles. The molecule has 0 bridgehead atoms. The fourth-order valence-corrected chi connectivity index (χ4v) is 3.50. The second kappa shape index (κ2) is 5.73. The molecule has 0 fully saturated rings. The third-order valence-corrected chi connectivity index (χ3v) is 4.63. The molecule has 0 aliphatic rings. The van der Waals surface area contributed by atoms with Crippen LogP contribution >= 0.6 is 0 Å². The minimum Gasteiger partial charge on any atom is -0.290 e. The third-order valence-electron chi connectivity index (χ3n) is 1.67. The van der Waals surface area contributed by atoms with Crippen LogP contribution in [0.25, 0.3) is 0 Å². The standard InChI is InChI=1S/C9H22O2Si/c1-7(2)10-11-12(8(3)4)9(5)6/h7-9,12H,1-6H3. The average Bonchev–Trinajstić information content (AvgIpc) is 1.84. The summed E-state index contributed by atoms with van der Waals surface area (Å²) in [7, 11) is -1.16. The Labute approximate surface area is 77.9 Å².